The van der Waals surface area contributed by atoms with E-state index < -0.39 is 5.54 Å². The predicted molar refractivity (Wildman–Crippen MR) is 86.5 cm³/mol. The second kappa shape index (κ2) is 5.64. The average Bonchev–Trinajstić information content (AvgIpc) is 2.90. The van der Waals surface area contributed by atoms with Crippen molar-refractivity contribution in [2.45, 2.75) is 5.54 Å². The molecule has 23 heavy (non-hydrogen) atoms. The molecule has 1 aliphatic rings. The Labute approximate surface area is 133 Å². The summed E-state index contributed by atoms with van der Waals surface area (Å²) in [5, 5.41) is 2.59. The fourth-order valence-electron chi connectivity index (χ4n) is 2.69. The third-order valence-electron chi connectivity index (χ3n) is 3.87. The number of carbonyl (C=O) groups excluding carboxylic acids is 1. The lowest BCUT2D eigenvalue weighted by Gasteiger charge is -2.24. The number of nitrogens with one attached hydrogen (secondary N) is 1. The number of ether oxygens (including phenoxy) is 2. The van der Waals surface area contributed by atoms with Crippen molar-refractivity contribution in [1.82, 2.24) is 5.32 Å². The number of guanidine groups is 1. The van der Waals surface area contributed by atoms with Crippen molar-refractivity contribution in [3.63, 3.8) is 0 Å². The largest absolute Gasteiger partial charge is 0.497 e. The first kappa shape index (κ1) is 14.9. The molecular formula is C17H17N3O3. The van der Waals surface area contributed by atoms with Crippen LogP contribution in [-0.4, -0.2) is 26.1 Å². The summed E-state index contributed by atoms with van der Waals surface area (Å²) in [7, 11) is 3.18. The Kier molecular flexibility index (Phi) is 3.65. The number of hydrogen-bond donors (Lipinski definition) is 2. The van der Waals surface area contributed by atoms with E-state index in [1.54, 1.807) is 38.5 Å². The second-order valence-corrected chi connectivity index (χ2v) is 5.12. The smallest absolute Gasteiger partial charge is 0.263 e. The standard InChI is InChI=1S/C17H17N3O3/c1-22-13-7-3-11(4-8-13)17(15(21)19-16(18)20-17)12-5-9-14(23-2)10-6-12/h3-10H,1-2H3,(H3,18,19,20,21). The molecule has 0 unspecified atom stereocenters. The van der Waals surface area contributed by atoms with E-state index >= 15 is 0 Å². The third kappa shape index (κ3) is 2.38. The van der Waals surface area contributed by atoms with E-state index in [1.165, 1.54) is 0 Å². The number of hydrogen-bond acceptors (Lipinski definition) is 5. The summed E-state index contributed by atoms with van der Waals surface area (Å²) in [6.07, 6.45) is 0. The van der Waals surface area contributed by atoms with Gasteiger partial charge in [0, 0.05) is 0 Å². The number of methoxy groups -OCH3 is 2. The van der Waals surface area contributed by atoms with E-state index in [-0.39, 0.29) is 11.9 Å². The van der Waals surface area contributed by atoms with Crippen LogP contribution >= 0.6 is 0 Å². The number of nitrogens with zero attached hydrogens (tertiary/aromatic N) is 1. The summed E-state index contributed by atoms with van der Waals surface area (Å²) in [6.45, 7) is 0. The average molecular weight is 311 g/mol. The number of rotatable bonds is 4. The van der Waals surface area contributed by atoms with Crippen LogP contribution in [0.1, 0.15) is 11.1 Å². The third-order valence-corrected chi connectivity index (χ3v) is 3.87. The Hall–Kier alpha value is -3.02. The number of carbonyl (C=O) groups is 1. The molecule has 6 nitrogen and oxygen atoms in total. The molecule has 2 aromatic rings. The summed E-state index contributed by atoms with van der Waals surface area (Å²) in [6, 6.07) is 14.4. The molecule has 1 aliphatic heterocycles. The highest BCUT2D eigenvalue weighted by Gasteiger charge is 2.46. The van der Waals surface area contributed by atoms with Crippen LogP contribution < -0.4 is 20.5 Å². The lowest BCUT2D eigenvalue weighted by atomic mass is 9.83. The van der Waals surface area contributed by atoms with Gasteiger partial charge in [-0.2, -0.15) is 0 Å². The molecule has 0 bridgehead atoms. The topological polar surface area (TPSA) is 85.9 Å². The molecule has 1 amide bonds. The Morgan fingerprint density at radius 3 is 1.65 bits per heavy atom. The van der Waals surface area contributed by atoms with Crippen LogP contribution in [-0.2, 0) is 10.3 Å². The molecule has 0 spiro atoms. The van der Waals surface area contributed by atoms with Crippen LogP contribution in [0.4, 0.5) is 0 Å². The minimum atomic E-state index is -1.21. The van der Waals surface area contributed by atoms with Crippen molar-refractivity contribution in [3.05, 3.63) is 59.7 Å². The van der Waals surface area contributed by atoms with E-state index in [1.807, 2.05) is 24.3 Å². The Bertz CT molecular complexity index is 704. The minimum absolute atomic E-state index is 0.0987. The Morgan fingerprint density at radius 1 is 0.913 bits per heavy atom. The van der Waals surface area contributed by atoms with Gasteiger partial charge in [-0.05, 0) is 35.4 Å². The van der Waals surface area contributed by atoms with E-state index in [0.717, 1.165) is 0 Å². The van der Waals surface area contributed by atoms with Crippen LogP contribution in [0, 0.1) is 0 Å². The molecule has 2 aromatic carbocycles. The summed E-state index contributed by atoms with van der Waals surface area (Å²) < 4.78 is 10.3. The summed E-state index contributed by atoms with van der Waals surface area (Å²) in [5.74, 6) is 1.22. The number of aliphatic imine (C=N–C) groups is 1. The lowest BCUT2D eigenvalue weighted by molar-refractivity contribution is -0.122. The summed E-state index contributed by atoms with van der Waals surface area (Å²) in [4.78, 5) is 17.1. The van der Waals surface area contributed by atoms with Crippen molar-refractivity contribution >= 4 is 11.9 Å². The first-order chi connectivity index (χ1) is 11.1. The number of amides is 1. The lowest BCUT2D eigenvalue weighted by Crippen LogP contribution is -2.39. The van der Waals surface area contributed by atoms with Crippen molar-refractivity contribution in [1.29, 1.82) is 0 Å². The van der Waals surface area contributed by atoms with Gasteiger partial charge in [-0.15, -0.1) is 0 Å². The molecule has 6 heteroatoms. The molecule has 0 saturated carbocycles. The van der Waals surface area contributed by atoms with Gasteiger partial charge in [0.25, 0.3) is 5.91 Å². The highest BCUT2D eigenvalue weighted by atomic mass is 16.5. The molecule has 0 aromatic heterocycles. The van der Waals surface area contributed by atoms with Crippen molar-refractivity contribution < 1.29 is 14.3 Å². The molecule has 118 valence electrons. The maximum atomic E-state index is 12.6. The first-order valence-electron chi connectivity index (χ1n) is 7.06. The zero-order valence-electron chi connectivity index (χ0n) is 12.9. The van der Waals surface area contributed by atoms with Gasteiger partial charge in [0.1, 0.15) is 11.5 Å². The van der Waals surface area contributed by atoms with Crippen LogP contribution in [0.25, 0.3) is 0 Å². The predicted octanol–water partition coefficient (Wildman–Crippen LogP) is 1.39. The molecule has 0 atom stereocenters. The van der Waals surface area contributed by atoms with Gasteiger partial charge in [0.2, 0.25) is 0 Å². The Morgan fingerprint density at radius 2 is 1.35 bits per heavy atom. The number of benzene rings is 2. The van der Waals surface area contributed by atoms with Crippen molar-refractivity contribution in [3.8, 4) is 11.5 Å². The highest BCUT2D eigenvalue weighted by Crippen LogP contribution is 2.38. The zero-order chi connectivity index (χ0) is 16.4. The quantitative estimate of drug-likeness (QED) is 0.893. The normalized spacial score (nSPS) is 15.7. The van der Waals surface area contributed by atoms with Gasteiger partial charge >= 0.3 is 0 Å². The molecule has 3 N–H and O–H groups in total. The van der Waals surface area contributed by atoms with Gasteiger partial charge in [0.15, 0.2) is 11.5 Å². The molecule has 0 radical (unpaired) electrons. The van der Waals surface area contributed by atoms with Crippen LogP contribution in [0.15, 0.2) is 53.5 Å². The van der Waals surface area contributed by atoms with Crippen LogP contribution in [0.2, 0.25) is 0 Å². The van der Waals surface area contributed by atoms with Crippen LogP contribution in [0.3, 0.4) is 0 Å². The van der Waals surface area contributed by atoms with Crippen LogP contribution in [0.5, 0.6) is 11.5 Å². The van der Waals surface area contributed by atoms with Gasteiger partial charge < -0.3 is 15.2 Å². The Balaban J connectivity index is 2.16. The second-order valence-electron chi connectivity index (χ2n) is 5.12. The first-order valence-corrected chi connectivity index (χ1v) is 7.06. The summed E-state index contributed by atoms with van der Waals surface area (Å²) >= 11 is 0. The van der Waals surface area contributed by atoms with E-state index in [2.05, 4.69) is 10.3 Å². The van der Waals surface area contributed by atoms with Gasteiger partial charge in [-0.1, -0.05) is 24.3 Å². The monoisotopic (exact) mass is 311 g/mol. The molecular weight excluding hydrogens is 294 g/mol. The fourth-order valence-corrected chi connectivity index (χ4v) is 2.69. The zero-order valence-corrected chi connectivity index (χ0v) is 12.9. The van der Waals surface area contributed by atoms with Gasteiger partial charge in [-0.25, -0.2) is 4.99 Å². The molecule has 0 aliphatic carbocycles. The molecule has 0 saturated heterocycles. The van der Waals surface area contributed by atoms with Crippen molar-refractivity contribution in [2.75, 3.05) is 14.2 Å². The minimum Gasteiger partial charge on any atom is -0.497 e. The highest BCUT2D eigenvalue weighted by molar-refractivity contribution is 6.09. The van der Waals surface area contributed by atoms with E-state index in [4.69, 9.17) is 15.2 Å². The maximum absolute atomic E-state index is 12.6. The maximum Gasteiger partial charge on any atom is 0.263 e. The summed E-state index contributed by atoms with van der Waals surface area (Å²) in [5.41, 5.74) is 5.97. The molecule has 0 fully saturated rings. The SMILES string of the molecule is COc1ccc(C2(c3ccc(OC)cc3)N=C(N)NC2=O)cc1. The van der Waals surface area contributed by atoms with E-state index in [9.17, 15) is 4.79 Å². The molecule has 3 rings (SSSR count). The fraction of sp³-hybridized carbons (Fsp3) is 0.176. The van der Waals surface area contributed by atoms with Gasteiger partial charge in [-0.3, -0.25) is 10.1 Å². The van der Waals surface area contributed by atoms with E-state index in [0.29, 0.717) is 22.6 Å². The van der Waals surface area contributed by atoms with Crippen molar-refractivity contribution in [2.24, 2.45) is 10.7 Å². The van der Waals surface area contributed by atoms with Gasteiger partial charge in [0.05, 0.1) is 14.2 Å². The number of nitrogens with two attached hydrogens (primary N) is 1. The molecule has 1 heterocycles.